The molecule has 0 radical (unpaired) electrons. The number of anilines is 1. The molecule has 0 saturated carbocycles. The van der Waals surface area contributed by atoms with Crippen molar-refractivity contribution in [1.82, 2.24) is 10.3 Å². The van der Waals surface area contributed by atoms with E-state index in [-0.39, 0.29) is 12.5 Å². The van der Waals surface area contributed by atoms with Crippen molar-refractivity contribution >= 4 is 41.2 Å². The molecule has 8 heteroatoms. The largest absolute Gasteiger partial charge is 0.481 e. The maximum Gasteiger partial charge on any atom is 0.319 e. The minimum atomic E-state index is -0.927. The van der Waals surface area contributed by atoms with Gasteiger partial charge in [-0.3, -0.25) is 9.78 Å². The standard InChI is InChI=1S/C13H17N3O3S2/c17-12(18)5-9-1-2-10(6-14-9)16-13(19)15-7-11-8-20-3-4-21-11/h1-2,6,11H,3-5,7-8H2,(H,17,18)(H2,15,16,19). The first-order valence-electron chi connectivity index (χ1n) is 6.54. The van der Waals surface area contributed by atoms with Gasteiger partial charge >= 0.3 is 12.0 Å². The molecule has 1 aromatic rings. The van der Waals surface area contributed by atoms with E-state index in [0.717, 1.165) is 11.5 Å². The number of aliphatic carboxylic acids is 1. The molecule has 6 nitrogen and oxygen atoms in total. The number of pyridine rings is 1. The van der Waals surface area contributed by atoms with E-state index in [0.29, 0.717) is 23.2 Å². The van der Waals surface area contributed by atoms with Crippen LogP contribution in [0.4, 0.5) is 10.5 Å². The van der Waals surface area contributed by atoms with Crippen LogP contribution in [0, 0.1) is 0 Å². The SMILES string of the molecule is O=C(O)Cc1ccc(NC(=O)NCC2CSCCS2)cn1. The van der Waals surface area contributed by atoms with Crippen molar-refractivity contribution in [2.45, 2.75) is 11.7 Å². The smallest absolute Gasteiger partial charge is 0.319 e. The summed E-state index contributed by atoms with van der Waals surface area (Å²) in [5, 5.41) is 14.6. The lowest BCUT2D eigenvalue weighted by Gasteiger charge is -2.21. The molecule has 1 aliphatic heterocycles. The Morgan fingerprint density at radius 1 is 1.38 bits per heavy atom. The van der Waals surface area contributed by atoms with Crippen LogP contribution in [-0.4, -0.2) is 51.1 Å². The Morgan fingerprint density at radius 3 is 2.86 bits per heavy atom. The number of rotatable bonds is 5. The fourth-order valence-electron chi connectivity index (χ4n) is 1.79. The summed E-state index contributed by atoms with van der Waals surface area (Å²) in [4.78, 5) is 26.3. The van der Waals surface area contributed by atoms with E-state index in [1.54, 1.807) is 12.1 Å². The van der Waals surface area contributed by atoms with Gasteiger partial charge in [0.25, 0.3) is 0 Å². The van der Waals surface area contributed by atoms with E-state index >= 15 is 0 Å². The number of hydrogen-bond acceptors (Lipinski definition) is 5. The van der Waals surface area contributed by atoms with Crippen molar-refractivity contribution in [1.29, 1.82) is 0 Å². The van der Waals surface area contributed by atoms with Crippen LogP contribution >= 0.6 is 23.5 Å². The molecule has 1 unspecified atom stereocenters. The van der Waals surface area contributed by atoms with Gasteiger partial charge in [-0.15, -0.1) is 0 Å². The average Bonchev–Trinajstić information content (AvgIpc) is 2.48. The van der Waals surface area contributed by atoms with Gasteiger partial charge in [0, 0.05) is 29.1 Å². The van der Waals surface area contributed by atoms with Crippen LogP contribution in [0.25, 0.3) is 0 Å². The molecule has 0 aromatic carbocycles. The number of carbonyl (C=O) groups is 2. The molecule has 1 aliphatic rings. The predicted octanol–water partition coefficient (Wildman–Crippen LogP) is 1.68. The van der Waals surface area contributed by atoms with Gasteiger partial charge in [-0.2, -0.15) is 23.5 Å². The lowest BCUT2D eigenvalue weighted by Crippen LogP contribution is -2.36. The Kier molecular flexibility index (Phi) is 6.19. The van der Waals surface area contributed by atoms with Gasteiger partial charge < -0.3 is 15.7 Å². The number of carbonyl (C=O) groups excluding carboxylic acids is 1. The molecule has 3 N–H and O–H groups in total. The van der Waals surface area contributed by atoms with E-state index in [9.17, 15) is 9.59 Å². The molecular formula is C13H17N3O3S2. The van der Waals surface area contributed by atoms with Crippen LogP contribution in [0.5, 0.6) is 0 Å². The van der Waals surface area contributed by atoms with Crippen molar-refractivity contribution in [2.75, 3.05) is 29.1 Å². The number of carboxylic acids is 1. The zero-order valence-corrected chi connectivity index (χ0v) is 13.0. The molecule has 114 valence electrons. The van der Waals surface area contributed by atoms with Crippen molar-refractivity contribution < 1.29 is 14.7 Å². The Balaban J connectivity index is 1.75. The first-order valence-corrected chi connectivity index (χ1v) is 8.75. The minimum absolute atomic E-state index is 0.122. The molecular weight excluding hydrogens is 310 g/mol. The van der Waals surface area contributed by atoms with Crippen molar-refractivity contribution in [2.24, 2.45) is 0 Å². The molecule has 21 heavy (non-hydrogen) atoms. The Bertz CT molecular complexity index is 490. The maximum atomic E-state index is 11.8. The number of amides is 2. The van der Waals surface area contributed by atoms with Gasteiger partial charge in [0.05, 0.1) is 24.0 Å². The molecule has 1 atom stereocenters. The topological polar surface area (TPSA) is 91.3 Å². The summed E-state index contributed by atoms with van der Waals surface area (Å²) in [7, 11) is 0. The molecule has 0 bridgehead atoms. The van der Waals surface area contributed by atoms with Gasteiger partial charge in [0.1, 0.15) is 0 Å². The Hall–Kier alpha value is -1.41. The van der Waals surface area contributed by atoms with E-state index in [4.69, 9.17) is 5.11 Å². The van der Waals surface area contributed by atoms with E-state index in [2.05, 4.69) is 15.6 Å². The number of hydrogen-bond donors (Lipinski definition) is 3. The van der Waals surface area contributed by atoms with Gasteiger partial charge in [-0.1, -0.05) is 0 Å². The first kappa shape index (κ1) is 16.0. The Labute approximate surface area is 131 Å². The van der Waals surface area contributed by atoms with Crippen molar-refractivity contribution in [3.8, 4) is 0 Å². The normalized spacial score (nSPS) is 18.0. The van der Waals surface area contributed by atoms with Gasteiger partial charge in [-0.25, -0.2) is 4.79 Å². The van der Waals surface area contributed by atoms with Crippen LogP contribution < -0.4 is 10.6 Å². The predicted molar refractivity (Wildman–Crippen MR) is 86.2 cm³/mol. The van der Waals surface area contributed by atoms with E-state index < -0.39 is 5.97 Å². The summed E-state index contributed by atoms with van der Waals surface area (Å²) in [5.41, 5.74) is 1.01. The lowest BCUT2D eigenvalue weighted by atomic mass is 10.2. The number of thioether (sulfide) groups is 2. The zero-order chi connectivity index (χ0) is 15.1. The summed E-state index contributed by atoms with van der Waals surface area (Å²) in [5.74, 6) is 2.45. The summed E-state index contributed by atoms with van der Waals surface area (Å²) in [6.07, 6.45) is 1.34. The second kappa shape index (κ2) is 8.14. The zero-order valence-electron chi connectivity index (χ0n) is 11.4. The van der Waals surface area contributed by atoms with Gasteiger partial charge in [0.15, 0.2) is 0 Å². The molecule has 0 spiro atoms. The molecule has 0 aliphatic carbocycles. The number of nitrogens with zero attached hydrogens (tertiary/aromatic N) is 1. The summed E-state index contributed by atoms with van der Waals surface area (Å²) in [6, 6.07) is 2.98. The van der Waals surface area contributed by atoms with Crippen molar-refractivity contribution in [3.63, 3.8) is 0 Å². The van der Waals surface area contributed by atoms with Crippen molar-refractivity contribution in [3.05, 3.63) is 24.0 Å². The Morgan fingerprint density at radius 2 is 2.24 bits per heavy atom. The number of carboxylic acid groups (broad SMARTS) is 1. The highest BCUT2D eigenvalue weighted by atomic mass is 32.2. The minimum Gasteiger partial charge on any atom is -0.481 e. The number of nitrogens with one attached hydrogen (secondary N) is 2. The highest BCUT2D eigenvalue weighted by molar-refractivity contribution is 8.06. The summed E-state index contributed by atoms with van der Waals surface area (Å²) < 4.78 is 0. The fourth-order valence-corrected chi connectivity index (χ4v) is 4.41. The fraction of sp³-hybridized carbons (Fsp3) is 0.462. The van der Waals surface area contributed by atoms with Gasteiger partial charge in [0.2, 0.25) is 0 Å². The second-order valence-electron chi connectivity index (χ2n) is 4.51. The number of urea groups is 1. The highest BCUT2D eigenvalue weighted by Gasteiger charge is 2.15. The highest BCUT2D eigenvalue weighted by Crippen LogP contribution is 2.23. The quantitative estimate of drug-likeness (QED) is 0.762. The van der Waals surface area contributed by atoms with E-state index in [1.165, 1.54) is 11.9 Å². The van der Waals surface area contributed by atoms with Crippen LogP contribution in [0.3, 0.4) is 0 Å². The molecule has 2 amide bonds. The molecule has 1 saturated heterocycles. The average molecular weight is 327 g/mol. The van der Waals surface area contributed by atoms with Crippen LogP contribution in [0.1, 0.15) is 5.69 Å². The van der Waals surface area contributed by atoms with Crippen LogP contribution in [-0.2, 0) is 11.2 Å². The lowest BCUT2D eigenvalue weighted by molar-refractivity contribution is -0.136. The third-order valence-electron chi connectivity index (χ3n) is 2.79. The number of aromatic nitrogens is 1. The third-order valence-corrected chi connectivity index (χ3v) is 5.64. The molecule has 2 heterocycles. The van der Waals surface area contributed by atoms with Gasteiger partial charge in [-0.05, 0) is 12.1 Å². The third kappa shape index (κ3) is 5.84. The monoisotopic (exact) mass is 327 g/mol. The second-order valence-corrected chi connectivity index (χ2v) is 7.07. The summed E-state index contributed by atoms with van der Waals surface area (Å²) >= 11 is 3.80. The van der Waals surface area contributed by atoms with Crippen LogP contribution in [0.15, 0.2) is 18.3 Å². The molecule has 2 rings (SSSR count). The molecule has 1 aromatic heterocycles. The first-order chi connectivity index (χ1) is 10.1. The van der Waals surface area contributed by atoms with Crippen LogP contribution in [0.2, 0.25) is 0 Å². The maximum absolute atomic E-state index is 11.8. The molecule has 1 fully saturated rings. The summed E-state index contributed by atoms with van der Waals surface area (Å²) in [6.45, 7) is 0.647. The van der Waals surface area contributed by atoms with E-state index in [1.807, 2.05) is 23.5 Å².